The highest BCUT2D eigenvalue weighted by Gasteiger charge is 2.23. The lowest BCUT2D eigenvalue weighted by Gasteiger charge is -2.36. The van der Waals surface area contributed by atoms with Crippen LogP contribution in [0.1, 0.15) is 19.4 Å². The maximum atomic E-state index is 13.9. The number of amides is 1. The molecule has 0 aliphatic carbocycles. The number of halogens is 2. The van der Waals surface area contributed by atoms with Gasteiger partial charge in [-0.15, -0.1) is 0 Å². The maximum absolute atomic E-state index is 13.9. The smallest absolute Gasteiger partial charge is 0.320 e. The first kappa shape index (κ1) is 22.2. The molecule has 0 unspecified atom stereocenters. The summed E-state index contributed by atoms with van der Waals surface area (Å²) in [7, 11) is 4.02. The average molecular weight is 442 g/mol. The molecule has 2 heterocycles. The molecule has 3 aromatic rings. The van der Waals surface area contributed by atoms with Crippen molar-refractivity contribution in [1.29, 1.82) is 0 Å². The summed E-state index contributed by atoms with van der Waals surface area (Å²) in [6.07, 6.45) is 1.43. The van der Waals surface area contributed by atoms with E-state index in [2.05, 4.69) is 14.8 Å². The van der Waals surface area contributed by atoms with Crippen molar-refractivity contribution in [3.63, 3.8) is 0 Å². The molecule has 0 bridgehead atoms. The van der Waals surface area contributed by atoms with Gasteiger partial charge in [-0.05, 0) is 51.3 Å². The number of carbonyl (C=O) groups is 1. The van der Waals surface area contributed by atoms with E-state index in [1.54, 1.807) is 24.3 Å². The van der Waals surface area contributed by atoms with Gasteiger partial charge < -0.3 is 14.7 Å². The lowest BCUT2D eigenvalue weighted by atomic mass is 10.1. The van der Waals surface area contributed by atoms with Gasteiger partial charge in [-0.2, -0.15) is 8.78 Å². The molecule has 8 heteroatoms. The molecule has 1 aromatic heterocycles. The predicted octanol–water partition coefficient (Wildman–Crippen LogP) is 4.09. The molecule has 170 valence electrons. The molecule has 2 aromatic carbocycles. The number of para-hydroxylation sites is 2. The molecular weight excluding hydrogens is 412 g/mol. The summed E-state index contributed by atoms with van der Waals surface area (Å²) < 4.78 is 28.7. The number of imidazole rings is 1. The third kappa shape index (κ3) is 4.75. The molecule has 0 N–H and O–H groups in total. The van der Waals surface area contributed by atoms with Crippen LogP contribution in [-0.4, -0.2) is 72.1 Å². The van der Waals surface area contributed by atoms with Crippen LogP contribution < -0.4 is 4.90 Å². The molecule has 32 heavy (non-hydrogen) atoms. The van der Waals surface area contributed by atoms with Gasteiger partial charge in [0.2, 0.25) is 5.91 Å². The number of piperazine rings is 1. The zero-order chi connectivity index (χ0) is 22.7. The lowest BCUT2D eigenvalue weighted by Crippen LogP contribution is -2.48. The number of carbonyl (C=O) groups excluding carboxylic acids is 1. The topological polar surface area (TPSA) is 44.6 Å². The van der Waals surface area contributed by atoms with Crippen molar-refractivity contribution < 1.29 is 13.6 Å². The summed E-state index contributed by atoms with van der Waals surface area (Å²) in [5.74, 6) is 0.462. The first-order valence-electron chi connectivity index (χ1n) is 11.0. The van der Waals surface area contributed by atoms with Gasteiger partial charge in [0.1, 0.15) is 5.82 Å². The Labute approximate surface area is 187 Å². The van der Waals surface area contributed by atoms with E-state index in [1.165, 1.54) is 0 Å². The SMILES string of the molecule is CN(C)CCCC(=O)N1CCN(c2cccc(-c3nc4ccccc4n3C(F)F)c2)CC1. The number of fused-ring (bicyclic) bond motifs is 1. The van der Waals surface area contributed by atoms with E-state index >= 15 is 0 Å². The van der Waals surface area contributed by atoms with Crippen LogP contribution in [0.5, 0.6) is 0 Å². The van der Waals surface area contributed by atoms with Crippen LogP contribution in [0.2, 0.25) is 0 Å². The Morgan fingerprint density at radius 2 is 1.81 bits per heavy atom. The quantitative estimate of drug-likeness (QED) is 0.554. The minimum absolute atomic E-state index is 0.200. The molecule has 1 aliphatic heterocycles. The molecule has 6 nitrogen and oxygen atoms in total. The van der Waals surface area contributed by atoms with Gasteiger partial charge in [-0.1, -0.05) is 24.3 Å². The van der Waals surface area contributed by atoms with Gasteiger partial charge >= 0.3 is 6.55 Å². The van der Waals surface area contributed by atoms with E-state index in [9.17, 15) is 13.6 Å². The molecule has 1 aliphatic rings. The van der Waals surface area contributed by atoms with E-state index in [4.69, 9.17) is 0 Å². The van der Waals surface area contributed by atoms with Crippen molar-refractivity contribution in [3.8, 4) is 11.4 Å². The number of hydrogen-bond donors (Lipinski definition) is 0. The van der Waals surface area contributed by atoms with Gasteiger partial charge in [-0.25, -0.2) is 4.98 Å². The van der Waals surface area contributed by atoms with Crippen molar-refractivity contribution in [2.24, 2.45) is 0 Å². The largest absolute Gasteiger partial charge is 0.368 e. The second-order valence-corrected chi connectivity index (χ2v) is 8.40. The minimum atomic E-state index is -2.68. The van der Waals surface area contributed by atoms with Gasteiger partial charge in [0.15, 0.2) is 0 Å². The highest BCUT2D eigenvalue weighted by Crippen LogP contribution is 2.31. The minimum Gasteiger partial charge on any atom is -0.368 e. The molecular formula is C24H29F2N5O. The normalized spacial score (nSPS) is 14.7. The van der Waals surface area contributed by atoms with Gasteiger partial charge in [0.05, 0.1) is 11.0 Å². The van der Waals surface area contributed by atoms with E-state index in [-0.39, 0.29) is 11.7 Å². The third-order valence-corrected chi connectivity index (χ3v) is 5.89. The zero-order valence-electron chi connectivity index (χ0n) is 18.5. The number of anilines is 1. The fourth-order valence-corrected chi connectivity index (χ4v) is 4.21. The number of aromatic nitrogens is 2. The highest BCUT2D eigenvalue weighted by molar-refractivity contribution is 5.81. The van der Waals surface area contributed by atoms with Gasteiger partial charge in [-0.3, -0.25) is 9.36 Å². The Balaban J connectivity index is 1.48. The van der Waals surface area contributed by atoms with Crippen molar-refractivity contribution in [1.82, 2.24) is 19.4 Å². The lowest BCUT2D eigenvalue weighted by molar-refractivity contribution is -0.131. The summed E-state index contributed by atoms with van der Waals surface area (Å²) in [5.41, 5.74) is 2.58. The number of nitrogens with zero attached hydrogens (tertiary/aromatic N) is 5. The number of hydrogen-bond acceptors (Lipinski definition) is 4. The summed E-state index contributed by atoms with van der Waals surface area (Å²) >= 11 is 0. The van der Waals surface area contributed by atoms with E-state index in [0.717, 1.165) is 23.2 Å². The molecule has 1 amide bonds. The van der Waals surface area contributed by atoms with E-state index < -0.39 is 6.55 Å². The first-order valence-corrected chi connectivity index (χ1v) is 11.0. The number of rotatable bonds is 7. The van der Waals surface area contributed by atoms with Crippen LogP contribution in [0, 0.1) is 0 Å². The van der Waals surface area contributed by atoms with Crippen molar-refractivity contribution >= 4 is 22.6 Å². The molecule has 0 radical (unpaired) electrons. The monoisotopic (exact) mass is 441 g/mol. The fourth-order valence-electron chi connectivity index (χ4n) is 4.21. The summed E-state index contributed by atoms with van der Waals surface area (Å²) in [6.45, 7) is 0.994. The van der Waals surface area contributed by atoms with Crippen molar-refractivity contribution in [2.45, 2.75) is 19.4 Å². The second-order valence-electron chi connectivity index (χ2n) is 8.40. The average Bonchev–Trinajstić information content (AvgIpc) is 3.19. The van der Waals surface area contributed by atoms with Crippen LogP contribution in [0.4, 0.5) is 14.5 Å². The predicted molar refractivity (Wildman–Crippen MR) is 123 cm³/mol. The maximum Gasteiger partial charge on any atom is 0.320 e. The van der Waals surface area contributed by atoms with Crippen LogP contribution in [-0.2, 0) is 4.79 Å². The number of benzene rings is 2. The third-order valence-electron chi connectivity index (χ3n) is 5.89. The summed E-state index contributed by atoms with van der Waals surface area (Å²) in [4.78, 5) is 23.1. The molecule has 0 spiro atoms. The van der Waals surface area contributed by atoms with Crippen LogP contribution in [0.15, 0.2) is 48.5 Å². The second kappa shape index (κ2) is 9.65. The first-order chi connectivity index (χ1) is 15.4. The van der Waals surface area contributed by atoms with Crippen molar-refractivity contribution in [3.05, 3.63) is 48.5 Å². The molecule has 0 atom stereocenters. The summed E-state index contributed by atoms with van der Waals surface area (Å²) in [6, 6.07) is 14.5. The Morgan fingerprint density at radius 1 is 1.06 bits per heavy atom. The zero-order valence-corrected chi connectivity index (χ0v) is 18.5. The Hall–Kier alpha value is -3.00. The van der Waals surface area contributed by atoms with E-state index in [1.807, 2.05) is 43.3 Å². The number of alkyl halides is 2. The van der Waals surface area contributed by atoms with Crippen molar-refractivity contribution in [2.75, 3.05) is 51.7 Å². The van der Waals surface area contributed by atoms with Crippen LogP contribution in [0.3, 0.4) is 0 Å². The Morgan fingerprint density at radius 3 is 2.53 bits per heavy atom. The van der Waals surface area contributed by atoms with Crippen LogP contribution in [0.25, 0.3) is 22.4 Å². The van der Waals surface area contributed by atoms with Gasteiger partial charge in [0, 0.05) is 43.9 Å². The molecule has 0 saturated carbocycles. The Bertz CT molecular complexity index is 1070. The standard InChI is InChI=1S/C24H29F2N5O/c1-28(2)12-6-11-22(32)30-15-13-29(14-16-30)19-8-5-7-18(17-19)23-27-20-9-3-4-10-21(20)31(23)24(25)26/h3-5,7-10,17,24H,6,11-16H2,1-2H3. The van der Waals surface area contributed by atoms with E-state index in [0.29, 0.717) is 49.2 Å². The molecule has 4 rings (SSSR count). The fraction of sp³-hybridized carbons (Fsp3) is 0.417. The Kier molecular flexibility index (Phi) is 6.69. The molecule has 1 saturated heterocycles. The highest BCUT2D eigenvalue weighted by atomic mass is 19.3. The van der Waals surface area contributed by atoms with Crippen LogP contribution >= 0.6 is 0 Å². The molecule has 1 fully saturated rings. The summed E-state index contributed by atoms with van der Waals surface area (Å²) in [5, 5.41) is 0. The van der Waals surface area contributed by atoms with Gasteiger partial charge in [0.25, 0.3) is 0 Å².